The number of thiophene rings is 1. The lowest BCUT2D eigenvalue weighted by Gasteiger charge is -2.14. The molecule has 10 heteroatoms. The minimum Gasteiger partial charge on any atom is -0.493 e. The fourth-order valence-corrected chi connectivity index (χ4v) is 5.05. The third-order valence-corrected chi connectivity index (χ3v) is 7.32. The van der Waals surface area contributed by atoms with E-state index in [1.54, 1.807) is 53.9 Å². The molecule has 1 amide bonds. The van der Waals surface area contributed by atoms with E-state index >= 15 is 0 Å². The van der Waals surface area contributed by atoms with Crippen molar-refractivity contribution in [1.82, 2.24) is 5.32 Å². The van der Waals surface area contributed by atoms with E-state index in [0.717, 1.165) is 22.5 Å². The van der Waals surface area contributed by atoms with Gasteiger partial charge in [-0.15, -0.1) is 11.3 Å². The molecule has 0 aliphatic rings. The lowest BCUT2D eigenvalue weighted by atomic mass is 10.1. The Morgan fingerprint density at radius 1 is 0.938 bits per heavy atom. The zero-order chi connectivity index (χ0) is 23.1. The number of rotatable bonds is 10. The number of carbonyl (C=O) groups excluding carboxylic acids is 1. The second-order valence-electron chi connectivity index (χ2n) is 6.72. The Morgan fingerprint density at radius 3 is 2.12 bits per heavy atom. The van der Waals surface area contributed by atoms with Crippen molar-refractivity contribution in [3.8, 4) is 17.2 Å². The maximum atomic E-state index is 12.4. The highest BCUT2D eigenvalue weighted by molar-refractivity contribution is 7.94. The summed E-state index contributed by atoms with van der Waals surface area (Å²) in [4.78, 5) is 12.4. The zero-order valence-electron chi connectivity index (χ0n) is 17.9. The third-order valence-electron chi connectivity index (χ3n) is 4.54. The van der Waals surface area contributed by atoms with E-state index in [1.807, 2.05) is 0 Å². The van der Waals surface area contributed by atoms with Gasteiger partial charge in [-0.25, -0.2) is 8.42 Å². The van der Waals surface area contributed by atoms with Crippen molar-refractivity contribution >= 4 is 33.0 Å². The normalized spacial score (nSPS) is 11.0. The molecule has 0 bridgehead atoms. The highest BCUT2D eigenvalue weighted by atomic mass is 32.2. The predicted molar refractivity (Wildman–Crippen MR) is 123 cm³/mol. The molecule has 32 heavy (non-hydrogen) atoms. The summed E-state index contributed by atoms with van der Waals surface area (Å²) in [6.45, 7) is 0.286. The highest BCUT2D eigenvalue weighted by Gasteiger charge is 2.16. The molecule has 0 aliphatic carbocycles. The first-order valence-corrected chi connectivity index (χ1v) is 11.9. The number of carbonyl (C=O) groups is 1. The number of nitrogens with one attached hydrogen (secondary N) is 2. The first kappa shape index (κ1) is 23.4. The molecule has 0 atom stereocenters. The van der Waals surface area contributed by atoms with Crippen LogP contribution in [-0.4, -0.2) is 35.7 Å². The van der Waals surface area contributed by atoms with Crippen LogP contribution in [0.3, 0.4) is 0 Å². The second kappa shape index (κ2) is 10.4. The molecule has 2 N–H and O–H groups in total. The Bertz CT molecular complexity index is 1130. The van der Waals surface area contributed by atoms with Gasteiger partial charge < -0.3 is 19.5 Å². The molecule has 1 aromatic heterocycles. The van der Waals surface area contributed by atoms with Gasteiger partial charge >= 0.3 is 0 Å². The Labute approximate surface area is 191 Å². The molecule has 0 radical (unpaired) electrons. The SMILES string of the molecule is COc1cc(CNC(=O)Cc2ccc(NS(=O)(=O)c3cccs3)cc2)cc(OC)c1OC. The standard InChI is InChI=1S/C22H24N2O6S2/c1-28-18-11-16(12-19(29-2)22(18)30-3)14-23-20(25)13-15-6-8-17(9-7-15)24-32(26,27)21-5-4-10-31-21/h4-12,24H,13-14H2,1-3H3,(H,23,25). The van der Waals surface area contributed by atoms with E-state index in [-0.39, 0.29) is 23.1 Å². The second-order valence-corrected chi connectivity index (χ2v) is 9.58. The first-order valence-electron chi connectivity index (χ1n) is 9.57. The number of benzene rings is 2. The highest BCUT2D eigenvalue weighted by Crippen LogP contribution is 2.38. The molecule has 0 fully saturated rings. The van der Waals surface area contributed by atoms with E-state index in [9.17, 15) is 13.2 Å². The fourth-order valence-electron chi connectivity index (χ4n) is 3.00. The van der Waals surface area contributed by atoms with Crippen molar-refractivity contribution in [2.24, 2.45) is 0 Å². The summed E-state index contributed by atoms with van der Waals surface area (Å²) < 4.78 is 43.3. The van der Waals surface area contributed by atoms with Crippen molar-refractivity contribution in [2.75, 3.05) is 26.1 Å². The quantitative estimate of drug-likeness (QED) is 0.465. The molecule has 3 aromatic rings. The van der Waals surface area contributed by atoms with E-state index in [0.29, 0.717) is 22.9 Å². The van der Waals surface area contributed by atoms with Gasteiger partial charge in [-0.2, -0.15) is 0 Å². The lowest BCUT2D eigenvalue weighted by Crippen LogP contribution is -2.24. The average molecular weight is 477 g/mol. The van der Waals surface area contributed by atoms with Crippen LogP contribution >= 0.6 is 11.3 Å². The van der Waals surface area contributed by atoms with Crippen molar-refractivity contribution in [3.63, 3.8) is 0 Å². The fraction of sp³-hybridized carbons (Fsp3) is 0.227. The maximum Gasteiger partial charge on any atom is 0.271 e. The molecule has 0 saturated heterocycles. The number of amides is 1. The molecule has 0 aliphatic heterocycles. The van der Waals surface area contributed by atoms with Crippen molar-refractivity contribution in [3.05, 3.63) is 65.0 Å². The summed E-state index contributed by atoms with van der Waals surface area (Å²) in [5, 5.41) is 4.56. The number of methoxy groups -OCH3 is 3. The first-order chi connectivity index (χ1) is 15.4. The van der Waals surface area contributed by atoms with Crippen molar-refractivity contribution in [2.45, 2.75) is 17.2 Å². The van der Waals surface area contributed by atoms with Crippen LogP contribution < -0.4 is 24.2 Å². The topological polar surface area (TPSA) is 103 Å². The molecular formula is C22H24N2O6S2. The lowest BCUT2D eigenvalue weighted by molar-refractivity contribution is -0.120. The van der Waals surface area contributed by atoms with Gasteiger partial charge in [-0.05, 0) is 46.8 Å². The number of anilines is 1. The number of sulfonamides is 1. The van der Waals surface area contributed by atoms with Crippen LogP contribution in [0.2, 0.25) is 0 Å². The minimum absolute atomic E-state index is 0.155. The third kappa shape index (κ3) is 5.71. The predicted octanol–water partition coefficient (Wildman–Crippen LogP) is 3.43. The van der Waals surface area contributed by atoms with E-state index in [4.69, 9.17) is 14.2 Å². The molecule has 0 saturated carbocycles. The average Bonchev–Trinajstić information content (AvgIpc) is 3.34. The summed E-state index contributed by atoms with van der Waals surface area (Å²) in [5.41, 5.74) is 1.98. The molecule has 1 heterocycles. The van der Waals surface area contributed by atoms with Gasteiger partial charge in [0.15, 0.2) is 11.5 Å². The van der Waals surface area contributed by atoms with E-state index in [1.165, 1.54) is 21.3 Å². The summed E-state index contributed by atoms with van der Waals surface area (Å²) in [6.07, 6.45) is 0.155. The summed E-state index contributed by atoms with van der Waals surface area (Å²) in [6, 6.07) is 13.5. The molecule has 8 nitrogen and oxygen atoms in total. The summed E-state index contributed by atoms with van der Waals surface area (Å²) >= 11 is 1.14. The van der Waals surface area contributed by atoms with Crippen LogP contribution in [0, 0.1) is 0 Å². The Hall–Kier alpha value is -3.24. The molecular weight excluding hydrogens is 452 g/mol. The zero-order valence-corrected chi connectivity index (χ0v) is 19.5. The monoisotopic (exact) mass is 476 g/mol. The van der Waals surface area contributed by atoms with Crippen molar-refractivity contribution in [1.29, 1.82) is 0 Å². The molecule has 2 aromatic carbocycles. The molecule has 0 spiro atoms. The van der Waals surface area contributed by atoms with Crippen LogP contribution in [0.1, 0.15) is 11.1 Å². The smallest absolute Gasteiger partial charge is 0.271 e. The van der Waals surface area contributed by atoms with Gasteiger partial charge in [0.1, 0.15) is 4.21 Å². The van der Waals surface area contributed by atoms with Gasteiger partial charge in [-0.1, -0.05) is 18.2 Å². The number of hydrogen-bond acceptors (Lipinski definition) is 7. The van der Waals surface area contributed by atoms with Gasteiger partial charge in [0.2, 0.25) is 11.7 Å². The van der Waals surface area contributed by atoms with Crippen molar-refractivity contribution < 1.29 is 27.4 Å². The van der Waals surface area contributed by atoms with Gasteiger partial charge in [0, 0.05) is 12.2 Å². The van der Waals surface area contributed by atoms with Crippen LogP contribution in [-0.2, 0) is 27.8 Å². The van der Waals surface area contributed by atoms with E-state index < -0.39 is 10.0 Å². The van der Waals surface area contributed by atoms with Crippen LogP contribution in [0.15, 0.2) is 58.1 Å². The maximum absolute atomic E-state index is 12.4. The minimum atomic E-state index is -3.60. The van der Waals surface area contributed by atoms with Crippen LogP contribution in [0.25, 0.3) is 0 Å². The number of hydrogen-bond donors (Lipinski definition) is 2. The molecule has 3 rings (SSSR count). The Kier molecular flexibility index (Phi) is 7.60. The molecule has 170 valence electrons. The summed E-state index contributed by atoms with van der Waals surface area (Å²) in [5.74, 6) is 1.33. The Balaban J connectivity index is 1.59. The Morgan fingerprint density at radius 2 is 1.59 bits per heavy atom. The largest absolute Gasteiger partial charge is 0.493 e. The van der Waals surface area contributed by atoms with Gasteiger partial charge in [0.25, 0.3) is 10.0 Å². The summed E-state index contributed by atoms with van der Waals surface area (Å²) in [7, 11) is 0.989. The molecule has 0 unspecified atom stereocenters. The van der Waals surface area contributed by atoms with Gasteiger partial charge in [-0.3, -0.25) is 9.52 Å². The number of ether oxygens (including phenoxy) is 3. The van der Waals surface area contributed by atoms with Gasteiger partial charge in [0.05, 0.1) is 27.8 Å². The van der Waals surface area contributed by atoms with Crippen LogP contribution in [0.4, 0.5) is 5.69 Å². The van der Waals surface area contributed by atoms with E-state index in [2.05, 4.69) is 10.0 Å². The van der Waals surface area contributed by atoms with Crippen LogP contribution in [0.5, 0.6) is 17.2 Å².